The molecule has 0 saturated carbocycles. The van der Waals surface area contributed by atoms with Crippen LogP contribution in [0.25, 0.3) is 0 Å². The molecule has 0 aliphatic rings. The lowest BCUT2D eigenvalue weighted by molar-refractivity contribution is -0.150. The Kier molecular flexibility index (Phi) is 7.05. The third kappa shape index (κ3) is 7.46. The van der Waals surface area contributed by atoms with Gasteiger partial charge >= 0.3 is 12.0 Å². The molecule has 4 amide bonds. The van der Waals surface area contributed by atoms with Crippen molar-refractivity contribution >= 4 is 29.5 Å². The first-order valence-corrected chi connectivity index (χ1v) is 6.73. The molecule has 4 N–H and O–H groups in total. The van der Waals surface area contributed by atoms with Crippen LogP contribution < -0.4 is 21.5 Å². The SMILES string of the molecule is CC(=O)NNC(=O)COC(=O)[C@H](C)NC(=O)Nc1ccccc1. The zero-order valence-electron chi connectivity index (χ0n) is 12.7. The minimum atomic E-state index is -0.952. The fourth-order valence-electron chi connectivity index (χ4n) is 1.40. The van der Waals surface area contributed by atoms with Gasteiger partial charge in [-0.1, -0.05) is 18.2 Å². The largest absolute Gasteiger partial charge is 0.454 e. The van der Waals surface area contributed by atoms with Crippen molar-refractivity contribution in [2.24, 2.45) is 0 Å². The Morgan fingerprint density at radius 3 is 2.35 bits per heavy atom. The molecule has 0 heterocycles. The van der Waals surface area contributed by atoms with Gasteiger partial charge in [-0.25, -0.2) is 9.59 Å². The van der Waals surface area contributed by atoms with Crippen LogP contribution in [0, 0.1) is 0 Å². The Morgan fingerprint density at radius 2 is 1.74 bits per heavy atom. The number of urea groups is 1. The molecular weight excluding hydrogens is 304 g/mol. The lowest BCUT2D eigenvalue weighted by atomic mass is 10.3. The van der Waals surface area contributed by atoms with Gasteiger partial charge in [0.15, 0.2) is 6.61 Å². The molecule has 0 radical (unpaired) electrons. The first-order valence-electron chi connectivity index (χ1n) is 6.73. The summed E-state index contributed by atoms with van der Waals surface area (Å²) < 4.78 is 4.70. The van der Waals surface area contributed by atoms with Crippen molar-refractivity contribution in [2.75, 3.05) is 11.9 Å². The lowest BCUT2D eigenvalue weighted by Crippen LogP contribution is -2.45. The van der Waals surface area contributed by atoms with Gasteiger partial charge in [-0.3, -0.25) is 20.4 Å². The highest BCUT2D eigenvalue weighted by molar-refractivity contribution is 5.92. The van der Waals surface area contributed by atoms with Gasteiger partial charge < -0.3 is 15.4 Å². The number of ether oxygens (including phenoxy) is 1. The average molecular weight is 322 g/mol. The van der Waals surface area contributed by atoms with Crippen LogP contribution in [-0.2, 0) is 19.1 Å². The Bertz CT molecular complexity index is 576. The number of para-hydroxylation sites is 1. The number of hydrogen-bond donors (Lipinski definition) is 4. The maximum absolute atomic E-state index is 11.7. The van der Waals surface area contributed by atoms with Crippen molar-refractivity contribution in [3.05, 3.63) is 30.3 Å². The summed E-state index contributed by atoms with van der Waals surface area (Å²) in [5.74, 6) is -1.95. The molecule has 0 spiro atoms. The molecule has 0 aliphatic carbocycles. The van der Waals surface area contributed by atoms with E-state index in [0.717, 1.165) is 0 Å². The minimum absolute atomic E-state index is 0.461. The summed E-state index contributed by atoms with van der Waals surface area (Å²) in [6.45, 7) is 2.05. The normalized spacial score (nSPS) is 10.9. The molecule has 9 nitrogen and oxygen atoms in total. The van der Waals surface area contributed by atoms with E-state index in [9.17, 15) is 19.2 Å². The van der Waals surface area contributed by atoms with Gasteiger partial charge in [0.25, 0.3) is 5.91 Å². The van der Waals surface area contributed by atoms with E-state index in [2.05, 4.69) is 10.6 Å². The summed E-state index contributed by atoms with van der Waals surface area (Å²) in [4.78, 5) is 45.1. The van der Waals surface area contributed by atoms with E-state index < -0.39 is 36.5 Å². The number of amides is 4. The second-order valence-corrected chi connectivity index (χ2v) is 4.52. The molecule has 1 rings (SSSR count). The summed E-state index contributed by atoms with van der Waals surface area (Å²) in [5, 5.41) is 4.92. The molecule has 1 aromatic rings. The van der Waals surface area contributed by atoms with Crippen molar-refractivity contribution in [2.45, 2.75) is 19.9 Å². The van der Waals surface area contributed by atoms with Crippen molar-refractivity contribution in [3.8, 4) is 0 Å². The number of anilines is 1. The van der Waals surface area contributed by atoms with Crippen LogP contribution >= 0.6 is 0 Å². The highest BCUT2D eigenvalue weighted by atomic mass is 16.5. The molecular formula is C14H18N4O5. The Labute approximate surface area is 132 Å². The van der Waals surface area contributed by atoms with Crippen molar-refractivity contribution in [1.82, 2.24) is 16.2 Å². The molecule has 0 fully saturated rings. The second kappa shape index (κ2) is 9.03. The van der Waals surface area contributed by atoms with E-state index in [1.54, 1.807) is 30.3 Å². The van der Waals surface area contributed by atoms with Crippen molar-refractivity contribution in [1.29, 1.82) is 0 Å². The fourth-order valence-corrected chi connectivity index (χ4v) is 1.40. The maximum atomic E-state index is 11.7. The van der Waals surface area contributed by atoms with Crippen LogP contribution in [-0.4, -0.2) is 36.5 Å². The second-order valence-electron chi connectivity index (χ2n) is 4.52. The summed E-state index contributed by atoms with van der Waals surface area (Å²) in [5.41, 5.74) is 4.65. The average Bonchev–Trinajstić information content (AvgIpc) is 2.51. The lowest BCUT2D eigenvalue weighted by Gasteiger charge is -2.14. The number of carbonyl (C=O) groups excluding carboxylic acids is 4. The summed E-state index contributed by atoms with van der Waals surface area (Å²) in [6, 6.07) is 7.15. The van der Waals surface area contributed by atoms with Crippen LogP contribution in [0.1, 0.15) is 13.8 Å². The van der Waals surface area contributed by atoms with E-state index in [0.29, 0.717) is 5.69 Å². The summed E-state index contributed by atoms with van der Waals surface area (Å²) in [7, 11) is 0. The van der Waals surface area contributed by atoms with Crippen molar-refractivity contribution in [3.63, 3.8) is 0 Å². The van der Waals surface area contributed by atoms with E-state index in [-0.39, 0.29) is 0 Å². The molecule has 0 saturated heterocycles. The molecule has 0 bridgehead atoms. The van der Waals surface area contributed by atoms with Gasteiger partial charge in [0.2, 0.25) is 5.91 Å². The van der Waals surface area contributed by atoms with Crippen LogP contribution in [0.4, 0.5) is 10.5 Å². The highest BCUT2D eigenvalue weighted by Gasteiger charge is 2.18. The van der Waals surface area contributed by atoms with E-state index in [4.69, 9.17) is 4.74 Å². The first kappa shape index (κ1) is 18.0. The van der Waals surface area contributed by atoms with Gasteiger partial charge in [-0.2, -0.15) is 0 Å². The van der Waals surface area contributed by atoms with Crippen LogP contribution in [0.2, 0.25) is 0 Å². The van der Waals surface area contributed by atoms with Crippen LogP contribution in [0.3, 0.4) is 0 Å². The predicted octanol–water partition coefficient (Wildman–Crippen LogP) is -0.0929. The zero-order chi connectivity index (χ0) is 17.2. The Hall–Kier alpha value is -3.10. The van der Waals surface area contributed by atoms with Gasteiger partial charge in [0.05, 0.1) is 0 Å². The number of carbonyl (C=O) groups is 4. The molecule has 9 heteroatoms. The minimum Gasteiger partial charge on any atom is -0.454 e. The Morgan fingerprint density at radius 1 is 1.09 bits per heavy atom. The van der Waals surface area contributed by atoms with Crippen LogP contribution in [0.15, 0.2) is 30.3 Å². The predicted molar refractivity (Wildman–Crippen MR) is 81.0 cm³/mol. The van der Waals surface area contributed by atoms with E-state index in [1.807, 2.05) is 10.9 Å². The maximum Gasteiger partial charge on any atom is 0.328 e. The van der Waals surface area contributed by atoms with Gasteiger partial charge in [-0.15, -0.1) is 0 Å². The summed E-state index contributed by atoms with van der Waals surface area (Å²) in [6.07, 6.45) is 0. The fraction of sp³-hybridized carbons (Fsp3) is 0.286. The smallest absolute Gasteiger partial charge is 0.328 e. The molecule has 124 valence electrons. The van der Waals surface area contributed by atoms with E-state index >= 15 is 0 Å². The van der Waals surface area contributed by atoms with Gasteiger partial charge in [0, 0.05) is 12.6 Å². The topological polar surface area (TPSA) is 126 Å². The first-order chi connectivity index (χ1) is 10.9. The molecule has 0 aromatic heterocycles. The third-order valence-corrected chi connectivity index (χ3v) is 2.46. The van der Waals surface area contributed by atoms with E-state index in [1.165, 1.54) is 13.8 Å². The number of benzene rings is 1. The number of nitrogens with one attached hydrogen (secondary N) is 4. The molecule has 1 aromatic carbocycles. The summed E-state index contributed by atoms with van der Waals surface area (Å²) >= 11 is 0. The highest BCUT2D eigenvalue weighted by Crippen LogP contribution is 2.04. The molecule has 23 heavy (non-hydrogen) atoms. The van der Waals surface area contributed by atoms with Gasteiger partial charge in [-0.05, 0) is 19.1 Å². The zero-order valence-corrected chi connectivity index (χ0v) is 12.7. The Balaban J connectivity index is 2.31. The molecule has 0 unspecified atom stereocenters. The number of esters is 1. The number of rotatable bonds is 5. The van der Waals surface area contributed by atoms with Crippen molar-refractivity contribution < 1.29 is 23.9 Å². The molecule has 0 aliphatic heterocycles. The number of hydrogen-bond acceptors (Lipinski definition) is 5. The number of hydrazine groups is 1. The van der Waals surface area contributed by atoms with Gasteiger partial charge in [0.1, 0.15) is 6.04 Å². The monoisotopic (exact) mass is 322 g/mol. The van der Waals surface area contributed by atoms with Crippen LogP contribution in [0.5, 0.6) is 0 Å². The molecule has 1 atom stereocenters. The standard InChI is InChI=1S/C14H18N4O5/c1-9(13(21)23-8-12(20)18-17-10(2)19)15-14(22)16-11-6-4-3-5-7-11/h3-7,9H,8H2,1-2H3,(H,17,19)(H,18,20)(H2,15,16,22)/t9-/m0/s1. The third-order valence-electron chi connectivity index (χ3n) is 2.46. The quantitative estimate of drug-likeness (QED) is 0.445.